The molecule has 1 aliphatic rings. The number of aromatic nitrogens is 3. The summed E-state index contributed by atoms with van der Waals surface area (Å²) >= 11 is 0. The number of hydrogen-bond acceptors (Lipinski definition) is 3. The maximum absolute atomic E-state index is 11.3. The van der Waals surface area contributed by atoms with Crippen LogP contribution in [0.1, 0.15) is 21.7 Å². The molecule has 0 spiro atoms. The van der Waals surface area contributed by atoms with Gasteiger partial charge in [0.05, 0.1) is 16.8 Å². The molecule has 0 fully saturated rings. The number of aryl methyl sites for hydroxylation is 2. The van der Waals surface area contributed by atoms with Gasteiger partial charge in [-0.2, -0.15) is 0 Å². The van der Waals surface area contributed by atoms with Gasteiger partial charge in [0.2, 0.25) is 0 Å². The van der Waals surface area contributed by atoms with Crippen LogP contribution in [0, 0.1) is 0 Å². The first-order valence-corrected chi connectivity index (χ1v) is 6.21. The Balaban J connectivity index is 2.09. The van der Waals surface area contributed by atoms with Gasteiger partial charge in [-0.1, -0.05) is 0 Å². The summed E-state index contributed by atoms with van der Waals surface area (Å²) in [5.74, 6) is -0.153. The topological polar surface area (TPSA) is 74.2 Å². The van der Waals surface area contributed by atoms with Crippen LogP contribution in [0.3, 0.4) is 0 Å². The Labute approximate surface area is 110 Å². The van der Waals surface area contributed by atoms with Crippen molar-refractivity contribution in [2.45, 2.75) is 19.5 Å². The second kappa shape index (κ2) is 4.24. The Kier molecular flexibility index (Phi) is 2.67. The Morgan fingerprint density at radius 2 is 2.37 bits per heavy atom. The van der Waals surface area contributed by atoms with Gasteiger partial charge in [-0.25, -0.2) is 9.78 Å². The number of H-pyrrole nitrogens is 1. The van der Waals surface area contributed by atoms with Crippen LogP contribution < -0.4 is 0 Å². The van der Waals surface area contributed by atoms with E-state index in [1.807, 2.05) is 29.8 Å². The summed E-state index contributed by atoms with van der Waals surface area (Å²) < 4.78 is 2.04. The first kappa shape index (κ1) is 12.0. The predicted molar refractivity (Wildman–Crippen MR) is 70.1 cm³/mol. The van der Waals surface area contributed by atoms with Crippen LogP contribution in [-0.4, -0.2) is 44.6 Å². The van der Waals surface area contributed by atoms with E-state index < -0.39 is 5.97 Å². The van der Waals surface area contributed by atoms with Crippen molar-refractivity contribution in [1.82, 2.24) is 19.4 Å². The van der Waals surface area contributed by atoms with Crippen molar-refractivity contribution in [2.75, 3.05) is 14.1 Å². The van der Waals surface area contributed by atoms with E-state index in [0.717, 1.165) is 42.3 Å². The van der Waals surface area contributed by atoms with E-state index >= 15 is 0 Å². The second-order valence-electron chi connectivity index (χ2n) is 5.10. The molecule has 0 bridgehead atoms. The van der Waals surface area contributed by atoms with E-state index in [1.165, 1.54) is 0 Å². The molecule has 0 atom stereocenters. The number of hydrogen-bond donors (Lipinski definition) is 2. The fourth-order valence-electron chi connectivity index (χ4n) is 2.56. The summed E-state index contributed by atoms with van der Waals surface area (Å²) in [5.41, 5.74) is 2.97. The molecule has 0 amide bonds. The minimum atomic E-state index is -0.914. The average molecular weight is 260 g/mol. The number of nitrogens with one attached hydrogen (secondary N) is 1. The van der Waals surface area contributed by atoms with Gasteiger partial charge in [0.25, 0.3) is 0 Å². The standard InChI is InChI=1S/C13H16N4O2/c1-16(2)6-8-7-17-4-3-10-11(12(17)15-8)9(5-14-10)13(18)19/h5,7,14H,3-4,6H2,1-2H3,(H,18,19). The Morgan fingerprint density at radius 1 is 1.58 bits per heavy atom. The van der Waals surface area contributed by atoms with Crippen molar-refractivity contribution in [1.29, 1.82) is 0 Å². The van der Waals surface area contributed by atoms with Gasteiger partial charge in [0.15, 0.2) is 0 Å². The van der Waals surface area contributed by atoms with Crippen LogP contribution in [0.25, 0.3) is 11.4 Å². The van der Waals surface area contributed by atoms with E-state index in [2.05, 4.69) is 9.97 Å². The molecule has 2 aromatic rings. The maximum Gasteiger partial charge on any atom is 0.337 e. The number of carboxylic acids is 1. The van der Waals surface area contributed by atoms with Crippen LogP contribution in [0.4, 0.5) is 0 Å². The molecule has 19 heavy (non-hydrogen) atoms. The zero-order valence-electron chi connectivity index (χ0n) is 11.0. The van der Waals surface area contributed by atoms with Crippen molar-refractivity contribution >= 4 is 5.97 Å². The number of rotatable bonds is 3. The molecule has 100 valence electrons. The number of nitrogens with zero attached hydrogens (tertiary/aromatic N) is 3. The molecule has 3 rings (SSSR count). The van der Waals surface area contributed by atoms with Gasteiger partial charge < -0.3 is 19.6 Å². The van der Waals surface area contributed by atoms with Crippen molar-refractivity contribution < 1.29 is 9.90 Å². The summed E-state index contributed by atoms with van der Waals surface area (Å²) in [6, 6.07) is 0. The SMILES string of the molecule is CN(C)Cc1cn2c(n1)-c1c(C(=O)O)c[nH]c1CC2. The molecule has 2 aromatic heterocycles. The van der Waals surface area contributed by atoms with Gasteiger partial charge in [-0.3, -0.25) is 0 Å². The highest BCUT2D eigenvalue weighted by atomic mass is 16.4. The highest BCUT2D eigenvalue weighted by Crippen LogP contribution is 2.31. The Bertz CT molecular complexity index is 639. The van der Waals surface area contributed by atoms with Crippen LogP contribution in [0.15, 0.2) is 12.4 Å². The number of carbonyl (C=O) groups is 1. The van der Waals surface area contributed by atoms with Crippen molar-refractivity contribution in [2.24, 2.45) is 0 Å². The summed E-state index contributed by atoms with van der Waals surface area (Å²) in [5, 5.41) is 9.24. The number of carboxylic acid groups (broad SMARTS) is 1. The van der Waals surface area contributed by atoms with E-state index in [9.17, 15) is 9.90 Å². The summed E-state index contributed by atoms with van der Waals surface area (Å²) in [4.78, 5) is 20.9. The largest absolute Gasteiger partial charge is 0.478 e. The van der Waals surface area contributed by atoms with Crippen molar-refractivity contribution in [3.63, 3.8) is 0 Å². The second-order valence-corrected chi connectivity index (χ2v) is 5.10. The van der Waals surface area contributed by atoms with E-state index in [-0.39, 0.29) is 0 Å². The molecule has 6 nitrogen and oxygen atoms in total. The number of aromatic amines is 1. The average Bonchev–Trinajstić information content (AvgIpc) is 2.88. The van der Waals surface area contributed by atoms with Crippen LogP contribution in [0.5, 0.6) is 0 Å². The number of aromatic carboxylic acids is 1. The third-order valence-corrected chi connectivity index (χ3v) is 3.32. The highest BCUT2D eigenvalue weighted by molar-refractivity contribution is 5.96. The minimum Gasteiger partial charge on any atom is -0.478 e. The quantitative estimate of drug-likeness (QED) is 0.869. The fraction of sp³-hybridized carbons (Fsp3) is 0.385. The molecule has 0 unspecified atom stereocenters. The van der Waals surface area contributed by atoms with Crippen LogP contribution in [-0.2, 0) is 19.5 Å². The maximum atomic E-state index is 11.3. The Hall–Kier alpha value is -2.08. The predicted octanol–water partition coefficient (Wildman–Crippen LogP) is 1.19. The van der Waals surface area contributed by atoms with Gasteiger partial charge in [0, 0.05) is 37.6 Å². The zero-order valence-corrected chi connectivity index (χ0v) is 11.0. The molecular weight excluding hydrogens is 244 g/mol. The third kappa shape index (κ3) is 1.94. The van der Waals surface area contributed by atoms with Gasteiger partial charge >= 0.3 is 5.97 Å². The molecule has 0 aromatic carbocycles. The lowest BCUT2D eigenvalue weighted by atomic mass is 10.1. The summed E-state index contributed by atoms with van der Waals surface area (Å²) in [6.45, 7) is 1.59. The van der Waals surface area contributed by atoms with E-state index in [0.29, 0.717) is 5.56 Å². The normalized spacial score (nSPS) is 13.4. The lowest BCUT2D eigenvalue weighted by molar-refractivity contribution is 0.0697. The highest BCUT2D eigenvalue weighted by Gasteiger charge is 2.26. The first-order valence-electron chi connectivity index (χ1n) is 6.21. The van der Waals surface area contributed by atoms with Gasteiger partial charge in [-0.15, -0.1) is 0 Å². The van der Waals surface area contributed by atoms with Crippen molar-refractivity contribution in [3.05, 3.63) is 29.3 Å². The number of imidazole rings is 1. The summed E-state index contributed by atoms with van der Waals surface area (Å²) in [6.07, 6.45) is 4.38. The molecule has 0 saturated heterocycles. The lowest BCUT2D eigenvalue weighted by Crippen LogP contribution is -2.11. The smallest absolute Gasteiger partial charge is 0.337 e. The fourth-order valence-corrected chi connectivity index (χ4v) is 2.56. The third-order valence-electron chi connectivity index (χ3n) is 3.32. The molecule has 1 aliphatic heterocycles. The molecule has 0 aliphatic carbocycles. The Morgan fingerprint density at radius 3 is 3.05 bits per heavy atom. The zero-order chi connectivity index (χ0) is 13.6. The molecule has 6 heteroatoms. The van der Waals surface area contributed by atoms with Crippen molar-refractivity contribution in [3.8, 4) is 11.4 Å². The minimum absolute atomic E-state index is 0.304. The first-order chi connectivity index (χ1) is 9.06. The summed E-state index contributed by atoms with van der Waals surface area (Å²) in [7, 11) is 3.98. The molecule has 2 N–H and O–H groups in total. The number of fused-ring (bicyclic) bond motifs is 3. The molecular formula is C13H16N4O2. The molecule has 0 radical (unpaired) electrons. The van der Waals surface area contributed by atoms with E-state index in [4.69, 9.17) is 0 Å². The molecule has 3 heterocycles. The van der Waals surface area contributed by atoms with Crippen LogP contribution in [0.2, 0.25) is 0 Å². The lowest BCUT2D eigenvalue weighted by Gasteiger charge is -2.14. The van der Waals surface area contributed by atoms with Gasteiger partial charge in [0.1, 0.15) is 5.82 Å². The molecule has 0 saturated carbocycles. The van der Waals surface area contributed by atoms with Gasteiger partial charge in [-0.05, 0) is 14.1 Å². The van der Waals surface area contributed by atoms with E-state index in [1.54, 1.807) is 6.20 Å². The van der Waals surface area contributed by atoms with Crippen LogP contribution >= 0.6 is 0 Å². The monoisotopic (exact) mass is 260 g/mol.